The normalized spacial score (nSPS) is 12.1. The largest absolute Gasteiger partial charge is 0.466 e. The summed E-state index contributed by atoms with van der Waals surface area (Å²) in [4.78, 5) is 21.9. The predicted octanol–water partition coefficient (Wildman–Crippen LogP) is 4.49. The van der Waals surface area contributed by atoms with Gasteiger partial charge in [-0.2, -0.15) is 11.8 Å². The first-order valence-electron chi connectivity index (χ1n) is 9.65. The molecule has 0 bridgehead atoms. The number of carbonyl (C=O) groups excluding carboxylic acids is 2. The molecule has 0 aromatic rings. The second-order valence-corrected chi connectivity index (χ2v) is 7.58. The molecule has 0 amide bonds. The minimum Gasteiger partial charge on any atom is -0.466 e. The van der Waals surface area contributed by atoms with Crippen molar-refractivity contribution in [1.82, 2.24) is 0 Å². The molecule has 0 aromatic carbocycles. The Kier molecular flexibility index (Phi) is 18.4. The second kappa shape index (κ2) is 18.8. The minimum atomic E-state index is -0.374. The maximum atomic E-state index is 11.5. The van der Waals surface area contributed by atoms with Crippen molar-refractivity contribution in [2.75, 3.05) is 18.1 Å². The summed E-state index contributed by atoms with van der Waals surface area (Å²) >= 11 is 1.65. The Balaban J connectivity index is 3.19. The molecule has 0 rings (SSSR count). The van der Waals surface area contributed by atoms with Gasteiger partial charge in [-0.05, 0) is 18.6 Å². The van der Waals surface area contributed by atoms with E-state index in [-0.39, 0.29) is 12.0 Å². The smallest absolute Gasteiger partial charge is 0.306 e. The van der Waals surface area contributed by atoms with Crippen molar-refractivity contribution in [3.63, 3.8) is 0 Å². The number of hydrogen-bond donors (Lipinski definition) is 1. The van der Waals surface area contributed by atoms with Gasteiger partial charge in [-0.15, -0.1) is 0 Å². The van der Waals surface area contributed by atoms with Gasteiger partial charge in [0.05, 0.1) is 19.1 Å². The number of rotatable bonds is 18. The molecule has 0 aliphatic carbocycles. The lowest BCUT2D eigenvalue weighted by Crippen LogP contribution is -2.21. The SMILES string of the molecule is CCCCCCCCCCCCOC(=O)CCSCCC(N)C=O. The fourth-order valence-corrected chi connectivity index (χ4v) is 3.35. The monoisotopic (exact) mass is 359 g/mol. The Morgan fingerprint density at radius 3 is 2.17 bits per heavy atom. The van der Waals surface area contributed by atoms with Crippen LogP contribution in [0.3, 0.4) is 0 Å². The van der Waals surface area contributed by atoms with Gasteiger partial charge in [-0.3, -0.25) is 4.79 Å². The summed E-state index contributed by atoms with van der Waals surface area (Å²) in [5.74, 6) is 1.44. The Hall–Kier alpha value is -0.550. The van der Waals surface area contributed by atoms with Gasteiger partial charge in [0.2, 0.25) is 0 Å². The van der Waals surface area contributed by atoms with E-state index in [0.717, 1.165) is 30.6 Å². The Morgan fingerprint density at radius 1 is 1.00 bits per heavy atom. The van der Waals surface area contributed by atoms with Crippen LogP contribution in [0.15, 0.2) is 0 Å². The van der Waals surface area contributed by atoms with Gasteiger partial charge in [0.25, 0.3) is 0 Å². The number of thioether (sulfide) groups is 1. The van der Waals surface area contributed by atoms with Crippen LogP contribution in [0, 0.1) is 0 Å². The molecule has 4 nitrogen and oxygen atoms in total. The molecule has 142 valence electrons. The first-order chi connectivity index (χ1) is 11.7. The average molecular weight is 360 g/mol. The van der Waals surface area contributed by atoms with Crippen LogP contribution in [-0.2, 0) is 14.3 Å². The van der Waals surface area contributed by atoms with Crippen LogP contribution in [0.5, 0.6) is 0 Å². The molecule has 0 aromatic heterocycles. The number of esters is 1. The van der Waals surface area contributed by atoms with E-state index in [4.69, 9.17) is 10.5 Å². The van der Waals surface area contributed by atoms with Crippen LogP contribution in [0.4, 0.5) is 0 Å². The molecule has 1 unspecified atom stereocenters. The van der Waals surface area contributed by atoms with E-state index >= 15 is 0 Å². The number of ether oxygens (including phenoxy) is 1. The second-order valence-electron chi connectivity index (χ2n) is 6.35. The molecule has 5 heteroatoms. The highest BCUT2D eigenvalue weighted by molar-refractivity contribution is 7.99. The maximum absolute atomic E-state index is 11.5. The van der Waals surface area contributed by atoms with E-state index in [1.807, 2.05) is 0 Å². The lowest BCUT2D eigenvalue weighted by molar-refractivity contribution is -0.143. The molecule has 0 heterocycles. The van der Waals surface area contributed by atoms with Crippen LogP contribution in [0.25, 0.3) is 0 Å². The highest BCUT2D eigenvalue weighted by Crippen LogP contribution is 2.11. The van der Waals surface area contributed by atoms with E-state index in [1.165, 1.54) is 51.4 Å². The van der Waals surface area contributed by atoms with Crippen molar-refractivity contribution in [1.29, 1.82) is 0 Å². The average Bonchev–Trinajstić information content (AvgIpc) is 2.59. The molecule has 0 radical (unpaired) electrons. The number of unbranched alkanes of at least 4 members (excludes halogenated alkanes) is 9. The number of aldehydes is 1. The lowest BCUT2D eigenvalue weighted by Gasteiger charge is -2.06. The van der Waals surface area contributed by atoms with Crippen LogP contribution < -0.4 is 5.73 Å². The molecule has 2 N–H and O–H groups in total. The molecule has 0 saturated carbocycles. The Bertz CT molecular complexity index is 300. The molecular formula is C19H37NO3S. The number of carbonyl (C=O) groups is 2. The highest BCUT2D eigenvalue weighted by atomic mass is 32.2. The molecule has 0 saturated heterocycles. The molecule has 0 fully saturated rings. The van der Waals surface area contributed by atoms with Gasteiger partial charge in [0, 0.05) is 5.75 Å². The molecule has 24 heavy (non-hydrogen) atoms. The van der Waals surface area contributed by atoms with Crippen molar-refractivity contribution < 1.29 is 14.3 Å². The zero-order chi connectivity index (χ0) is 17.9. The number of hydrogen-bond acceptors (Lipinski definition) is 5. The van der Waals surface area contributed by atoms with Crippen LogP contribution in [-0.4, -0.2) is 36.4 Å². The van der Waals surface area contributed by atoms with E-state index < -0.39 is 0 Å². The Morgan fingerprint density at radius 2 is 1.58 bits per heavy atom. The van der Waals surface area contributed by atoms with Crippen LogP contribution >= 0.6 is 11.8 Å². The van der Waals surface area contributed by atoms with E-state index in [9.17, 15) is 9.59 Å². The third-order valence-corrected chi connectivity index (χ3v) is 5.00. The van der Waals surface area contributed by atoms with Gasteiger partial charge >= 0.3 is 5.97 Å². The first kappa shape index (κ1) is 23.4. The zero-order valence-electron chi connectivity index (χ0n) is 15.5. The van der Waals surface area contributed by atoms with Gasteiger partial charge < -0.3 is 15.3 Å². The van der Waals surface area contributed by atoms with Gasteiger partial charge in [-0.25, -0.2) is 0 Å². The van der Waals surface area contributed by atoms with Crippen molar-refractivity contribution >= 4 is 24.0 Å². The highest BCUT2D eigenvalue weighted by Gasteiger charge is 2.04. The number of nitrogens with two attached hydrogens (primary N) is 1. The molecular weight excluding hydrogens is 322 g/mol. The summed E-state index contributed by atoms with van der Waals surface area (Å²) < 4.78 is 5.23. The van der Waals surface area contributed by atoms with E-state index in [0.29, 0.717) is 19.4 Å². The van der Waals surface area contributed by atoms with E-state index in [2.05, 4.69) is 6.92 Å². The summed E-state index contributed by atoms with van der Waals surface area (Å²) in [5.41, 5.74) is 5.49. The summed E-state index contributed by atoms with van der Waals surface area (Å²) in [6, 6.07) is -0.374. The van der Waals surface area contributed by atoms with Gasteiger partial charge in [0.1, 0.15) is 6.29 Å². The predicted molar refractivity (Wildman–Crippen MR) is 103 cm³/mol. The minimum absolute atomic E-state index is 0.113. The topological polar surface area (TPSA) is 69.4 Å². The third-order valence-electron chi connectivity index (χ3n) is 3.98. The zero-order valence-corrected chi connectivity index (χ0v) is 16.3. The third kappa shape index (κ3) is 17.8. The summed E-state index contributed by atoms with van der Waals surface area (Å²) in [6.45, 7) is 2.80. The summed E-state index contributed by atoms with van der Waals surface area (Å²) in [7, 11) is 0. The van der Waals surface area contributed by atoms with Gasteiger partial charge in [0.15, 0.2) is 0 Å². The van der Waals surface area contributed by atoms with Crippen molar-refractivity contribution in [3.8, 4) is 0 Å². The summed E-state index contributed by atoms with van der Waals surface area (Å²) in [5, 5.41) is 0. The molecule has 0 spiro atoms. The fourth-order valence-electron chi connectivity index (χ4n) is 2.39. The quantitative estimate of drug-likeness (QED) is 0.222. The lowest BCUT2D eigenvalue weighted by atomic mass is 10.1. The van der Waals surface area contributed by atoms with Crippen LogP contribution in [0.1, 0.15) is 84.0 Å². The molecule has 0 aliphatic rings. The first-order valence-corrected chi connectivity index (χ1v) is 10.8. The van der Waals surface area contributed by atoms with E-state index in [1.54, 1.807) is 11.8 Å². The molecule has 1 atom stereocenters. The molecule has 0 aliphatic heterocycles. The fraction of sp³-hybridized carbons (Fsp3) is 0.895. The standard InChI is InChI=1S/C19H37NO3S/c1-2-3-4-5-6-7-8-9-10-11-14-23-19(22)13-16-24-15-12-18(20)17-21/h17-18H,2-16,20H2,1H3. The van der Waals surface area contributed by atoms with Crippen LogP contribution in [0.2, 0.25) is 0 Å². The van der Waals surface area contributed by atoms with Crippen molar-refractivity contribution in [2.45, 2.75) is 90.0 Å². The maximum Gasteiger partial charge on any atom is 0.306 e. The van der Waals surface area contributed by atoms with Gasteiger partial charge in [-0.1, -0.05) is 64.7 Å². The Labute approximate surface area is 152 Å². The summed E-state index contributed by atoms with van der Waals surface area (Å²) in [6.07, 6.45) is 14.7. The van der Waals surface area contributed by atoms with Crippen molar-refractivity contribution in [3.05, 3.63) is 0 Å². The van der Waals surface area contributed by atoms with Crippen molar-refractivity contribution in [2.24, 2.45) is 5.73 Å².